The Kier molecular flexibility index (Phi) is 5.92. The summed E-state index contributed by atoms with van der Waals surface area (Å²) in [4.78, 5) is 11.4. The molecular weight excluding hydrogens is 385 g/mol. The van der Waals surface area contributed by atoms with Crippen molar-refractivity contribution in [2.24, 2.45) is 7.05 Å². The van der Waals surface area contributed by atoms with Crippen molar-refractivity contribution in [2.45, 2.75) is 24.5 Å². The summed E-state index contributed by atoms with van der Waals surface area (Å²) < 4.78 is 68.0. The van der Waals surface area contributed by atoms with Crippen LogP contribution in [0.3, 0.4) is 0 Å². The molecule has 0 radical (unpaired) electrons. The van der Waals surface area contributed by atoms with Crippen molar-refractivity contribution in [3.8, 4) is 6.07 Å². The highest BCUT2D eigenvalue weighted by Gasteiger charge is 2.30. The Morgan fingerprint density at radius 1 is 1.37 bits per heavy atom. The van der Waals surface area contributed by atoms with E-state index in [2.05, 4.69) is 5.32 Å². The second kappa shape index (κ2) is 7.81. The van der Waals surface area contributed by atoms with Crippen LogP contribution in [0.15, 0.2) is 29.3 Å². The van der Waals surface area contributed by atoms with Gasteiger partial charge in [-0.25, -0.2) is 21.6 Å². The molecular formula is C16H15F3N4O3S. The van der Waals surface area contributed by atoms with E-state index in [1.807, 2.05) is 0 Å². The molecule has 7 nitrogen and oxygen atoms in total. The number of alkyl halides is 1. The van der Waals surface area contributed by atoms with Crippen LogP contribution in [-0.2, 0) is 17.1 Å². The molecule has 0 fully saturated rings. The minimum absolute atomic E-state index is 0.0101. The van der Waals surface area contributed by atoms with Crippen molar-refractivity contribution in [2.75, 3.05) is 5.32 Å². The predicted molar refractivity (Wildman–Crippen MR) is 89.9 cm³/mol. The Labute approximate surface area is 153 Å². The highest BCUT2D eigenvalue weighted by atomic mass is 32.2. The first-order chi connectivity index (χ1) is 12.6. The molecule has 0 saturated heterocycles. The SMILES string of the molecule is CCC(F)NS(=O)(=O)c1cn(C)c(C(=O)Nc2ccc(F)c(C#N)c2)c1F. The van der Waals surface area contributed by atoms with Crippen molar-refractivity contribution >= 4 is 21.6 Å². The number of rotatable bonds is 6. The van der Waals surface area contributed by atoms with Gasteiger partial charge < -0.3 is 9.88 Å². The third kappa shape index (κ3) is 4.29. The monoisotopic (exact) mass is 400 g/mol. The molecule has 1 unspecified atom stereocenters. The number of aryl methyl sites for hydroxylation is 1. The summed E-state index contributed by atoms with van der Waals surface area (Å²) in [5.74, 6) is -3.19. The van der Waals surface area contributed by atoms with Gasteiger partial charge in [-0.15, -0.1) is 0 Å². The van der Waals surface area contributed by atoms with E-state index in [-0.39, 0.29) is 17.7 Å². The number of benzene rings is 1. The number of amides is 1. The van der Waals surface area contributed by atoms with Crippen LogP contribution < -0.4 is 10.0 Å². The fourth-order valence-corrected chi connectivity index (χ4v) is 3.47. The number of halogens is 3. The maximum atomic E-state index is 14.6. The number of nitrogens with one attached hydrogen (secondary N) is 2. The Bertz CT molecular complexity index is 1030. The van der Waals surface area contributed by atoms with Gasteiger partial charge in [0.05, 0.1) is 5.56 Å². The molecule has 1 heterocycles. The molecule has 0 spiro atoms. The third-order valence-corrected chi connectivity index (χ3v) is 5.01. The van der Waals surface area contributed by atoms with Crippen molar-refractivity contribution in [3.63, 3.8) is 0 Å². The first-order valence-corrected chi connectivity index (χ1v) is 9.11. The second-order valence-electron chi connectivity index (χ2n) is 5.52. The zero-order chi connectivity index (χ0) is 20.4. The standard InChI is InChI=1S/C16H15F3N4O3S/c1-3-13(18)22-27(25,26)12-8-23(2)15(14(12)19)16(24)21-10-4-5-11(17)9(6-10)7-20/h4-6,8,13,22H,3H2,1-2H3,(H,21,24). The van der Waals surface area contributed by atoms with E-state index in [0.717, 1.165) is 29.0 Å². The molecule has 11 heteroatoms. The molecule has 2 N–H and O–H groups in total. The smallest absolute Gasteiger partial charge is 0.275 e. The third-order valence-electron chi connectivity index (χ3n) is 3.58. The molecule has 27 heavy (non-hydrogen) atoms. The molecule has 1 amide bonds. The fourth-order valence-electron chi connectivity index (χ4n) is 2.21. The van der Waals surface area contributed by atoms with Crippen molar-refractivity contribution in [1.82, 2.24) is 9.29 Å². The number of nitriles is 1. The number of carbonyl (C=O) groups excluding carboxylic acids is 1. The minimum atomic E-state index is -4.52. The number of nitrogens with zero attached hydrogens (tertiary/aromatic N) is 2. The van der Waals surface area contributed by atoms with Crippen molar-refractivity contribution in [3.05, 3.63) is 47.3 Å². The van der Waals surface area contributed by atoms with E-state index in [9.17, 15) is 26.4 Å². The van der Waals surface area contributed by atoms with Gasteiger partial charge in [0.15, 0.2) is 12.1 Å². The summed E-state index contributed by atoms with van der Waals surface area (Å²) in [6.07, 6.45) is -1.23. The highest BCUT2D eigenvalue weighted by molar-refractivity contribution is 7.89. The van der Waals surface area contributed by atoms with Gasteiger partial charge in [0.1, 0.15) is 22.5 Å². The van der Waals surface area contributed by atoms with Gasteiger partial charge in [-0.05, 0) is 24.6 Å². The Balaban J connectivity index is 2.36. The first kappa shape index (κ1) is 20.5. The van der Waals surface area contributed by atoms with Crippen LogP contribution in [0.1, 0.15) is 29.4 Å². The summed E-state index contributed by atoms with van der Waals surface area (Å²) in [7, 11) is -3.29. The van der Waals surface area contributed by atoms with Crippen LogP contribution in [0.4, 0.5) is 18.9 Å². The average Bonchev–Trinajstić information content (AvgIpc) is 2.91. The summed E-state index contributed by atoms with van der Waals surface area (Å²) in [5.41, 5.74) is -0.956. The lowest BCUT2D eigenvalue weighted by atomic mass is 10.2. The maximum absolute atomic E-state index is 14.6. The molecule has 1 aromatic carbocycles. The molecule has 1 atom stereocenters. The summed E-state index contributed by atoms with van der Waals surface area (Å²) >= 11 is 0. The van der Waals surface area contributed by atoms with Gasteiger partial charge in [-0.2, -0.15) is 9.98 Å². The van der Waals surface area contributed by atoms with Crippen LogP contribution >= 0.6 is 0 Å². The van der Waals surface area contributed by atoms with Crippen molar-refractivity contribution in [1.29, 1.82) is 5.26 Å². The lowest BCUT2D eigenvalue weighted by Gasteiger charge is -2.08. The predicted octanol–water partition coefficient (Wildman–Crippen LogP) is 2.41. The molecule has 2 rings (SSSR count). The number of carbonyl (C=O) groups is 1. The lowest BCUT2D eigenvalue weighted by molar-refractivity contribution is 0.101. The van der Waals surface area contributed by atoms with E-state index in [1.165, 1.54) is 14.0 Å². The van der Waals surface area contributed by atoms with Gasteiger partial charge >= 0.3 is 0 Å². The van der Waals surface area contributed by atoms with Crippen LogP contribution in [0.5, 0.6) is 0 Å². The number of hydrogen-bond donors (Lipinski definition) is 2. The number of hydrogen-bond acceptors (Lipinski definition) is 4. The Morgan fingerprint density at radius 3 is 2.63 bits per heavy atom. The number of anilines is 1. The first-order valence-electron chi connectivity index (χ1n) is 7.63. The Hall–Kier alpha value is -2.84. The molecule has 0 saturated carbocycles. The van der Waals surface area contributed by atoms with E-state index in [0.29, 0.717) is 0 Å². The zero-order valence-electron chi connectivity index (χ0n) is 14.3. The molecule has 1 aromatic heterocycles. The summed E-state index contributed by atoms with van der Waals surface area (Å²) in [6, 6.07) is 4.74. The maximum Gasteiger partial charge on any atom is 0.275 e. The van der Waals surface area contributed by atoms with E-state index < -0.39 is 44.4 Å². The molecule has 0 bridgehead atoms. The minimum Gasteiger partial charge on any atom is -0.343 e. The van der Waals surface area contributed by atoms with E-state index in [4.69, 9.17) is 5.26 Å². The number of sulfonamides is 1. The fraction of sp³-hybridized carbons (Fsp3) is 0.250. The normalized spacial score (nSPS) is 12.4. The average molecular weight is 400 g/mol. The zero-order valence-corrected chi connectivity index (χ0v) is 15.1. The van der Waals surface area contributed by atoms with Gasteiger partial charge in [0, 0.05) is 18.9 Å². The van der Waals surface area contributed by atoms with Crippen LogP contribution in [0.25, 0.3) is 0 Å². The molecule has 0 aliphatic rings. The molecule has 144 valence electrons. The van der Waals surface area contributed by atoms with Crippen LogP contribution in [0, 0.1) is 23.0 Å². The molecule has 0 aliphatic heterocycles. The van der Waals surface area contributed by atoms with E-state index in [1.54, 1.807) is 10.8 Å². The molecule has 0 aliphatic carbocycles. The second-order valence-corrected chi connectivity index (χ2v) is 7.21. The Morgan fingerprint density at radius 2 is 2.04 bits per heavy atom. The molecule has 2 aromatic rings. The van der Waals surface area contributed by atoms with Gasteiger partial charge in [0.25, 0.3) is 5.91 Å². The van der Waals surface area contributed by atoms with Gasteiger partial charge in [0.2, 0.25) is 10.0 Å². The van der Waals surface area contributed by atoms with Crippen molar-refractivity contribution < 1.29 is 26.4 Å². The summed E-state index contributed by atoms with van der Waals surface area (Å²) in [5, 5.41) is 11.0. The van der Waals surface area contributed by atoms with Gasteiger partial charge in [-0.3, -0.25) is 4.79 Å². The highest BCUT2D eigenvalue weighted by Crippen LogP contribution is 2.22. The van der Waals surface area contributed by atoms with Gasteiger partial charge in [-0.1, -0.05) is 6.92 Å². The number of aromatic nitrogens is 1. The quantitative estimate of drug-likeness (QED) is 0.727. The lowest BCUT2D eigenvalue weighted by Crippen LogP contribution is -2.31. The van der Waals surface area contributed by atoms with Crippen LogP contribution in [-0.4, -0.2) is 25.2 Å². The largest absolute Gasteiger partial charge is 0.343 e. The summed E-state index contributed by atoms with van der Waals surface area (Å²) in [6.45, 7) is 1.39. The van der Waals surface area contributed by atoms with E-state index >= 15 is 0 Å². The van der Waals surface area contributed by atoms with Crippen LogP contribution in [0.2, 0.25) is 0 Å². The topological polar surface area (TPSA) is 104 Å².